The molecule has 0 aromatic heterocycles. The van der Waals surface area contributed by atoms with Crippen molar-refractivity contribution in [2.75, 3.05) is 6.61 Å². The Hall–Kier alpha value is -2.85. The van der Waals surface area contributed by atoms with Crippen molar-refractivity contribution in [3.05, 3.63) is 96.1 Å². The first kappa shape index (κ1) is 18.9. The van der Waals surface area contributed by atoms with Crippen LogP contribution in [0.4, 0.5) is 0 Å². The summed E-state index contributed by atoms with van der Waals surface area (Å²) in [7, 11) is 0. The molecule has 0 unspecified atom stereocenters. The van der Waals surface area contributed by atoms with Crippen LogP contribution in [0.1, 0.15) is 33.6 Å². The molecule has 3 aromatic carbocycles. The van der Waals surface area contributed by atoms with Crippen molar-refractivity contribution in [1.82, 2.24) is 0 Å². The lowest BCUT2D eigenvalue weighted by Crippen LogP contribution is -2.08. The Labute approximate surface area is 163 Å². The van der Waals surface area contributed by atoms with Crippen LogP contribution in [0.25, 0.3) is 0 Å². The zero-order chi connectivity index (χ0) is 18.9. The van der Waals surface area contributed by atoms with E-state index in [1.807, 2.05) is 48.5 Å². The molecule has 0 saturated carbocycles. The average molecular weight is 376 g/mol. The molecular formula is C23H20O3S. The molecule has 0 aliphatic heterocycles. The first-order valence-electron chi connectivity index (χ1n) is 8.81. The second-order valence-corrected chi connectivity index (χ2v) is 7.12. The first-order valence-corrected chi connectivity index (χ1v) is 9.62. The lowest BCUT2D eigenvalue weighted by atomic mass is 10.1. The van der Waals surface area contributed by atoms with E-state index < -0.39 is 0 Å². The molecule has 0 N–H and O–H groups in total. The second kappa shape index (κ2) is 9.74. The number of Topliss-reactive ketones (excluding diaryl/α,β-unsaturated/α-hetero) is 1. The monoisotopic (exact) mass is 376 g/mol. The largest absolute Gasteiger partial charge is 0.462 e. The summed E-state index contributed by atoms with van der Waals surface area (Å²) in [6.45, 7) is 0.238. The molecule has 3 aromatic rings. The molecule has 0 radical (unpaired) electrons. The van der Waals surface area contributed by atoms with Crippen LogP contribution in [-0.4, -0.2) is 18.4 Å². The Balaban J connectivity index is 1.43. The van der Waals surface area contributed by atoms with Crippen molar-refractivity contribution in [3.63, 3.8) is 0 Å². The maximum Gasteiger partial charge on any atom is 0.338 e. The summed E-state index contributed by atoms with van der Waals surface area (Å²) in [5.74, 6) is -0.299. The number of hydrogen-bond acceptors (Lipinski definition) is 4. The fraction of sp³-hybridized carbons (Fsp3) is 0.130. The van der Waals surface area contributed by atoms with E-state index >= 15 is 0 Å². The molecule has 0 aliphatic carbocycles. The minimum absolute atomic E-state index is 0.0574. The van der Waals surface area contributed by atoms with Gasteiger partial charge in [0.05, 0.1) is 12.2 Å². The van der Waals surface area contributed by atoms with Crippen LogP contribution in [0.2, 0.25) is 0 Å². The van der Waals surface area contributed by atoms with E-state index in [1.54, 1.807) is 36.0 Å². The predicted octanol–water partition coefficient (Wildman–Crippen LogP) is 5.66. The smallest absolute Gasteiger partial charge is 0.338 e. The standard InChI is InChI=1S/C23H20O3S/c24-22(12-7-17-26-23(25)19-8-3-1-4-9-19)18-13-15-21(16-14-18)27-20-10-5-2-6-11-20/h1-6,8-11,13-16H,7,12,17H2. The van der Waals surface area contributed by atoms with Gasteiger partial charge in [-0.3, -0.25) is 4.79 Å². The molecule has 0 atom stereocenters. The van der Waals surface area contributed by atoms with Crippen molar-refractivity contribution < 1.29 is 14.3 Å². The third-order valence-corrected chi connectivity index (χ3v) is 4.96. The Kier molecular flexibility index (Phi) is 6.83. The molecule has 0 amide bonds. The number of rotatable bonds is 8. The summed E-state index contributed by atoms with van der Waals surface area (Å²) in [5.41, 5.74) is 1.21. The van der Waals surface area contributed by atoms with E-state index in [0.29, 0.717) is 24.0 Å². The van der Waals surface area contributed by atoms with Gasteiger partial charge in [-0.15, -0.1) is 0 Å². The van der Waals surface area contributed by atoms with Crippen LogP contribution in [0.3, 0.4) is 0 Å². The summed E-state index contributed by atoms with van der Waals surface area (Å²) < 4.78 is 5.21. The van der Waals surface area contributed by atoms with Gasteiger partial charge in [0.25, 0.3) is 0 Å². The van der Waals surface area contributed by atoms with Crippen molar-refractivity contribution in [3.8, 4) is 0 Å². The first-order chi connectivity index (χ1) is 13.2. The van der Waals surface area contributed by atoms with E-state index in [9.17, 15) is 9.59 Å². The van der Waals surface area contributed by atoms with Gasteiger partial charge < -0.3 is 4.74 Å². The number of ether oxygens (including phenoxy) is 1. The highest BCUT2D eigenvalue weighted by Gasteiger charge is 2.09. The van der Waals surface area contributed by atoms with Crippen molar-refractivity contribution in [2.24, 2.45) is 0 Å². The van der Waals surface area contributed by atoms with Crippen LogP contribution in [0, 0.1) is 0 Å². The van der Waals surface area contributed by atoms with Gasteiger partial charge in [0.2, 0.25) is 0 Å². The highest BCUT2D eigenvalue weighted by atomic mass is 32.2. The Morgan fingerprint density at radius 1 is 0.704 bits per heavy atom. The number of ketones is 1. The maximum absolute atomic E-state index is 12.3. The Morgan fingerprint density at radius 2 is 1.30 bits per heavy atom. The van der Waals surface area contributed by atoms with Gasteiger partial charge >= 0.3 is 5.97 Å². The zero-order valence-corrected chi connectivity index (χ0v) is 15.7. The molecule has 0 bridgehead atoms. The SMILES string of the molecule is O=C(CCCOC(=O)c1ccccc1)c1ccc(Sc2ccccc2)cc1. The normalized spacial score (nSPS) is 10.4. The number of hydrogen-bond donors (Lipinski definition) is 0. The van der Waals surface area contributed by atoms with Crippen LogP contribution in [0.5, 0.6) is 0 Å². The fourth-order valence-electron chi connectivity index (χ4n) is 2.53. The van der Waals surface area contributed by atoms with E-state index in [1.165, 1.54) is 0 Å². The molecule has 0 spiro atoms. The van der Waals surface area contributed by atoms with Gasteiger partial charge in [0, 0.05) is 21.8 Å². The van der Waals surface area contributed by atoms with Crippen molar-refractivity contribution in [2.45, 2.75) is 22.6 Å². The van der Waals surface area contributed by atoms with Crippen LogP contribution in [-0.2, 0) is 4.74 Å². The summed E-state index contributed by atoms with van der Waals surface area (Å²) in [4.78, 5) is 26.4. The summed E-state index contributed by atoms with van der Waals surface area (Å²) in [6.07, 6.45) is 0.866. The highest BCUT2D eigenvalue weighted by molar-refractivity contribution is 7.99. The fourth-order valence-corrected chi connectivity index (χ4v) is 3.37. The van der Waals surface area contributed by atoms with Crippen molar-refractivity contribution in [1.29, 1.82) is 0 Å². The molecule has 0 fully saturated rings. The number of esters is 1. The number of benzene rings is 3. The lowest BCUT2D eigenvalue weighted by molar-refractivity contribution is 0.0494. The minimum atomic E-state index is -0.356. The minimum Gasteiger partial charge on any atom is -0.462 e. The van der Waals surface area contributed by atoms with Gasteiger partial charge in [-0.2, -0.15) is 0 Å². The zero-order valence-electron chi connectivity index (χ0n) is 14.8. The highest BCUT2D eigenvalue weighted by Crippen LogP contribution is 2.27. The van der Waals surface area contributed by atoms with Gasteiger partial charge in [-0.05, 0) is 42.8 Å². The third-order valence-electron chi connectivity index (χ3n) is 3.95. The van der Waals surface area contributed by atoms with E-state index in [0.717, 1.165) is 9.79 Å². The second-order valence-electron chi connectivity index (χ2n) is 5.97. The quantitative estimate of drug-likeness (QED) is 0.289. The average Bonchev–Trinajstić information content (AvgIpc) is 2.73. The summed E-state index contributed by atoms with van der Waals surface area (Å²) in [5, 5.41) is 0. The van der Waals surface area contributed by atoms with Crippen molar-refractivity contribution >= 4 is 23.5 Å². The number of carbonyl (C=O) groups is 2. The molecular weight excluding hydrogens is 356 g/mol. The Bertz CT molecular complexity index is 875. The molecule has 3 nitrogen and oxygen atoms in total. The number of carbonyl (C=O) groups excluding carboxylic acids is 2. The molecule has 27 heavy (non-hydrogen) atoms. The maximum atomic E-state index is 12.3. The lowest BCUT2D eigenvalue weighted by Gasteiger charge is -2.06. The summed E-state index contributed by atoms with van der Waals surface area (Å²) >= 11 is 1.66. The molecule has 0 heterocycles. The Morgan fingerprint density at radius 3 is 1.96 bits per heavy atom. The molecule has 0 aliphatic rings. The van der Waals surface area contributed by atoms with Crippen LogP contribution < -0.4 is 0 Å². The summed E-state index contributed by atoms with van der Waals surface area (Å²) in [6, 6.07) is 26.6. The van der Waals surface area contributed by atoms with E-state index in [-0.39, 0.29) is 18.4 Å². The van der Waals surface area contributed by atoms with Gasteiger partial charge in [-0.25, -0.2) is 4.79 Å². The molecule has 136 valence electrons. The van der Waals surface area contributed by atoms with Crippen LogP contribution in [0.15, 0.2) is 94.7 Å². The van der Waals surface area contributed by atoms with Gasteiger partial charge in [0.15, 0.2) is 5.78 Å². The third kappa shape index (κ3) is 5.83. The predicted molar refractivity (Wildman–Crippen MR) is 107 cm³/mol. The van der Waals surface area contributed by atoms with Crippen LogP contribution >= 0.6 is 11.8 Å². The molecule has 3 rings (SSSR count). The molecule has 4 heteroatoms. The topological polar surface area (TPSA) is 43.4 Å². The van der Waals surface area contributed by atoms with Gasteiger partial charge in [0.1, 0.15) is 0 Å². The van der Waals surface area contributed by atoms with Gasteiger partial charge in [-0.1, -0.05) is 60.3 Å². The van der Waals surface area contributed by atoms with E-state index in [2.05, 4.69) is 12.1 Å². The van der Waals surface area contributed by atoms with E-state index in [4.69, 9.17) is 4.74 Å². The molecule has 0 saturated heterocycles.